The zero-order valence-electron chi connectivity index (χ0n) is 24.2. The molecule has 0 saturated heterocycles. The van der Waals surface area contributed by atoms with E-state index < -0.39 is 40.4 Å². The predicted octanol–water partition coefficient (Wildman–Crippen LogP) is 8.20. The van der Waals surface area contributed by atoms with Crippen molar-refractivity contribution in [1.82, 2.24) is 0 Å². The first-order valence-electron chi connectivity index (χ1n) is 12.8. The summed E-state index contributed by atoms with van der Waals surface area (Å²) >= 11 is 0. The maximum atomic E-state index is 4.17. The van der Waals surface area contributed by atoms with E-state index in [4.69, 9.17) is 0 Å². The van der Waals surface area contributed by atoms with Crippen LogP contribution in [0.15, 0.2) is 20.7 Å². The average Bonchev–Trinajstić information content (AvgIpc) is 2.89. The van der Waals surface area contributed by atoms with Gasteiger partial charge >= 0.3 is 0 Å². The molecule has 0 aromatic heterocycles. The Kier molecular flexibility index (Phi) is 9.46. The fraction of sp³-hybridized carbons (Fsp3) is 0.692. The van der Waals surface area contributed by atoms with Crippen molar-refractivity contribution in [3.05, 3.63) is 20.7 Å². The van der Waals surface area contributed by atoms with Crippen LogP contribution in [0.1, 0.15) is 27.2 Å². The Labute approximate surface area is 207 Å². The molecule has 32 heavy (non-hydrogen) atoms. The molecule has 0 saturated carbocycles. The highest BCUT2D eigenvalue weighted by atomic mass is 28.4. The molecular formula is C26H51BSi5. The van der Waals surface area contributed by atoms with Crippen molar-refractivity contribution in [2.75, 3.05) is 0 Å². The van der Waals surface area contributed by atoms with Crippen LogP contribution in [0.3, 0.4) is 0 Å². The first-order valence-corrected chi connectivity index (χ1v) is 28.8. The summed E-state index contributed by atoms with van der Waals surface area (Å²) in [5, 5.41) is 0. The molecule has 178 valence electrons. The Bertz CT molecular complexity index is 855. The predicted molar refractivity (Wildman–Crippen MR) is 166 cm³/mol. The number of allylic oxidation sites excluding steroid dienone is 2. The van der Waals surface area contributed by atoms with Crippen molar-refractivity contribution in [2.24, 2.45) is 0 Å². The molecule has 0 nitrogen and oxygen atoms in total. The van der Waals surface area contributed by atoms with Crippen molar-refractivity contribution >= 4 is 47.1 Å². The van der Waals surface area contributed by atoms with Crippen LogP contribution in [0.2, 0.25) is 91.2 Å². The molecule has 1 heterocycles. The minimum atomic E-state index is -2.39. The highest BCUT2D eigenvalue weighted by Gasteiger charge is 2.55. The molecule has 1 aliphatic rings. The second kappa shape index (κ2) is 10.2. The number of hydrogen-bond acceptors (Lipinski definition) is 0. The number of hydrogen-bond donors (Lipinski definition) is 0. The Morgan fingerprint density at radius 3 is 1.25 bits per heavy atom. The standard InChI is InChI=1S/C26H51BSi5/c1-16-23-24(27(17-2)18-3)26(31(13,14)15)32(21-19-28(4,5)6,22-20-29(7,8)9)25(23)30(10,11)12/h16-18H2,1-15H3. The molecule has 0 atom stereocenters. The zero-order valence-corrected chi connectivity index (χ0v) is 29.2. The lowest BCUT2D eigenvalue weighted by Gasteiger charge is -2.36. The van der Waals surface area contributed by atoms with Gasteiger partial charge in [-0.15, -0.1) is 22.2 Å². The molecule has 0 spiro atoms. The van der Waals surface area contributed by atoms with Crippen LogP contribution in [0.5, 0.6) is 0 Å². The summed E-state index contributed by atoms with van der Waals surface area (Å²) in [6.45, 7) is 37.8. The highest BCUT2D eigenvalue weighted by molar-refractivity contribution is 7.26. The van der Waals surface area contributed by atoms with Gasteiger partial charge in [0.05, 0.1) is 16.1 Å². The Morgan fingerprint density at radius 2 is 1.00 bits per heavy atom. The zero-order chi connectivity index (χ0) is 25.3. The van der Waals surface area contributed by atoms with E-state index in [2.05, 4.69) is 122 Å². The lowest BCUT2D eigenvalue weighted by molar-refractivity contribution is 1.13. The molecule has 1 rings (SSSR count). The van der Waals surface area contributed by atoms with Gasteiger partial charge in [0.25, 0.3) is 8.07 Å². The van der Waals surface area contributed by atoms with Crippen molar-refractivity contribution < 1.29 is 0 Å². The maximum absolute atomic E-state index is 4.17. The van der Waals surface area contributed by atoms with E-state index in [1.165, 1.54) is 12.6 Å². The Hall–Kier alpha value is -0.251. The molecule has 0 unspecified atom stereocenters. The third-order valence-electron chi connectivity index (χ3n) is 6.14. The van der Waals surface area contributed by atoms with E-state index >= 15 is 0 Å². The molecule has 6 heteroatoms. The van der Waals surface area contributed by atoms with Gasteiger partial charge in [0, 0.05) is 0 Å². The molecule has 0 aromatic rings. The van der Waals surface area contributed by atoms with Gasteiger partial charge in [-0.1, -0.05) is 133 Å². The second-order valence-electron chi connectivity index (χ2n) is 13.8. The normalized spacial score (nSPS) is 17.1. The minimum Gasteiger partial charge on any atom is -0.137 e. The van der Waals surface area contributed by atoms with Crippen LogP contribution in [0.4, 0.5) is 0 Å². The summed E-state index contributed by atoms with van der Waals surface area (Å²) in [4.78, 5) is 3.63. The third-order valence-corrected chi connectivity index (χ3v) is 21.8. The molecule has 0 aliphatic carbocycles. The van der Waals surface area contributed by atoms with Crippen LogP contribution in [0, 0.1) is 22.2 Å². The minimum absolute atomic E-state index is 0.662. The summed E-state index contributed by atoms with van der Waals surface area (Å²) in [6, 6.07) is 0. The van der Waals surface area contributed by atoms with E-state index in [1.807, 2.05) is 9.64 Å². The van der Waals surface area contributed by atoms with Gasteiger partial charge in [0.15, 0.2) is 6.71 Å². The van der Waals surface area contributed by atoms with Crippen molar-refractivity contribution in [3.63, 3.8) is 0 Å². The third kappa shape index (κ3) is 6.89. The Morgan fingerprint density at radius 1 is 0.625 bits per heavy atom. The highest BCUT2D eigenvalue weighted by Crippen LogP contribution is 2.49. The van der Waals surface area contributed by atoms with Gasteiger partial charge < -0.3 is 0 Å². The van der Waals surface area contributed by atoms with E-state index in [0.29, 0.717) is 6.71 Å². The van der Waals surface area contributed by atoms with Crippen molar-refractivity contribution in [1.29, 1.82) is 0 Å². The molecular weight excluding hydrogens is 464 g/mol. The van der Waals surface area contributed by atoms with Crippen molar-refractivity contribution in [3.8, 4) is 22.2 Å². The molecule has 1 aliphatic heterocycles. The maximum Gasteiger partial charge on any atom is 0.258 e. The van der Waals surface area contributed by atoms with Crippen LogP contribution in [-0.2, 0) is 0 Å². The van der Waals surface area contributed by atoms with Gasteiger partial charge in [0.2, 0.25) is 0 Å². The van der Waals surface area contributed by atoms with Crippen LogP contribution in [-0.4, -0.2) is 47.1 Å². The largest absolute Gasteiger partial charge is 0.258 e. The molecule has 0 bridgehead atoms. The van der Waals surface area contributed by atoms with Gasteiger partial charge in [-0.2, -0.15) is 0 Å². The summed E-state index contributed by atoms with van der Waals surface area (Å²) in [7, 11) is -8.70. The van der Waals surface area contributed by atoms with Gasteiger partial charge in [0.1, 0.15) is 16.1 Å². The summed E-state index contributed by atoms with van der Waals surface area (Å²) in [5.74, 6) is 0. The quantitative estimate of drug-likeness (QED) is 0.247. The first kappa shape index (κ1) is 29.8. The lowest BCUT2D eigenvalue weighted by atomic mass is 9.40. The van der Waals surface area contributed by atoms with Crippen LogP contribution >= 0.6 is 0 Å². The topological polar surface area (TPSA) is 0 Å². The second-order valence-corrected chi connectivity index (χ2v) is 37.3. The van der Waals surface area contributed by atoms with Crippen molar-refractivity contribution in [2.45, 2.75) is 118 Å². The summed E-state index contributed by atoms with van der Waals surface area (Å²) in [5.41, 5.74) is 19.7. The average molecular weight is 515 g/mol. The first-order chi connectivity index (χ1) is 14.2. The van der Waals surface area contributed by atoms with Crippen LogP contribution < -0.4 is 0 Å². The lowest BCUT2D eigenvalue weighted by Crippen LogP contribution is -2.52. The Balaban J connectivity index is 4.45. The molecule has 0 radical (unpaired) electrons. The van der Waals surface area contributed by atoms with Crippen LogP contribution in [0.25, 0.3) is 0 Å². The molecule has 0 N–H and O–H groups in total. The monoisotopic (exact) mass is 514 g/mol. The van der Waals surface area contributed by atoms with Gasteiger partial charge in [-0.25, -0.2) is 0 Å². The van der Waals surface area contributed by atoms with E-state index in [-0.39, 0.29) is 0 Å². The summed E-state index contributed by atoms with van der Waals surface area (Å²) < 4.78 is 0. The molecule has 0 fully saturated rings. The molecule has 0 amide bonds. The smallest absolute Gasteiger partial charge is 0.137 e. The van der Waals surface area contributed by atoms with Gasteiger partial charge in [-0.3, -0.25) is 0 Å². The summed E-state index contributed by atoms with van der Waals surface area (Å²) in [6.07, 6.45) is 3.61. The van der Waals surface area contributed by atoms with E-state index in [1.54, 1.807) is 11.0 Å². The van der Waals surface area contributed by atoms with E-state index in [9.17, 15) is 0 Å². The fourth-order valence-corrected chi connectivity index (χ4v) is 25.3. The fourth-order valence-electron chi connectivity index (χ4n) is 5.18. The van der Waals surface area contributed by atoms with Gasteiger partial charge in [-0.05, 0) is 6.42 Å². The number of rotatable bonds is 6. The molecule has 0 aromatic carbocycles. The van der Waals surface area contributed by atoms with E-state index in [0.717, 1.165) is 6.42 Å². The SMILES string of the molecule is CCB(CC)C1=C([Si](C)(C)C)[Si](C#C[Si](C)(C)C)(C#C[Si](C)(C)C)C([Si](C)(C)C)=C1CC.